The molecule has 1 atom stereocenters. The molecular weight excluding hydrogens is 226 g/mol. The summed E-state index contributed by atoms with van der Waals surface area (Å²) in [6.07, 6.45) is 5.93. The highest BCUT2D eigenvalue weighted by Crippen LogP contribution is 2.28. The molecule has 4 nitrogen and oxygen atoms in total. The monoisotopic (exact) mass is 243 g/mol. The van der Waals surface area contributed by atoms with Gasteiger partial charge in [-0.1, -0.05) is 18.2 Å². The first-order valence-electron chi connectivity index (χ1n) is 6.30. The number of para-hydroxylation sites is 1. The normalized spacial score (nSPS) is 17.5. The summed E-state index contributed by atoms with van der Waals surface area (Å²) in [5, 5.41) is 0. The van der Waals surface area contributed by atoms with Crippen LogP contribution in [-0.4, -0.2) is 22.2 Å². The number of rotatable bonds is 4. The highest BCUT2D eigenvalue weighted by atomic mass is 16.5. The van der Waals surface area contributed by atoms with Crippen LogP contribution in [0.4, 0.5) is 0 Å². The average Bonchev–Trinajstić information content (AvgIpc) is 2.96. The van der Waals surface area contributed by atoms with Crippen molar-refractivity contribution in [2.75, 3.05) is 6.54 Å². The van der Waals surface area contributed by atoms with Gasteiger partial charge in [-0.15, -0.1) is 0 Å². The van der Waals surface area contributed by atoms with E-state index in [1.165, 1.54) is 5.56 Å². The largest absolute Gasteiger partial charge is 0.488 e. The van der Waals surface area contributed by atoms with Gasteiger partial charge in [-0.2, -0.15) is 0 Å². The first-order chi connectivity index (χ1) is 8.85. The zero-order valence-corrected chi connectivity index (χ0v) is 10.2. The lowest BCUT2D eigenvalue weighted by Crippen LogP contribution is -2.19. The smallest absolute Gasteiger partial charge is 0.123 e. The van der Waals surface area contributed by atoms with Gasteiger partial charge >= 0.3 is 0 Å². The van der Waals surface area contributed by atoms with Crippen LogP contribution in [0.3, 0.4) is 0 Å². The van der Waals surface area contributed by atoms with Gasteiger partial charge in [0, 0.05) is 19.0 Å². The second-order valence-corrected chi connectivity index (χ2v) is 4.65. The Kier molecular flexibility index (Phi) is 3.02. The van der Waals surface area contributed by atoms with Gasteiger partial charge in [-0.3, -0.25) is 0 Å². The molecule has 2 aromatic rings. The Morgan fingerprint density at radius 2 is 2.28 bits per heavy atom. The molecule has 0 amide bonds. The zero-order chi connectivity index (χ0) is 12.4. The summed E-state index contributed by atoms with van der Waals surface area (Å²) in [6.45, 7) is 1.48. The molecule has 2 N–H and O–H groups in total. The lowest BCUT2D eigenvalue weighted by atomic mass is 10.1. The molecule has 0 saturated carbocycles. The fraction of sp³-hybridized carbons (Fsp3) is 0.357. The summed E-state index contributed by atoms with van der Waals surface area (Å²) in [7, 11) is 0. The molecule has 94 valence electrons. The maximum atomic E-state index is 5.91. The molecule has 0 aliphatic carbocycles. The van der Waals surface area contributed by atoms with E-state index in [-0.39, 0.29) is 6.10 Å². The first-order valence-corrected chi connectivity index (χ1v) is 6.30. The van der Waals surface area contributed by atoms with E-state index in [1.807, 2.05) is 18.5 Å². The molecule has 0 spiro atoms. The van der Waals surface area contributed by atoms with Crippen LogP contribution >= 0.6 is 0 Å². The van der Waals surface area contributed by atoms with Crippen molar-refractivity contribution < 1.29 is 4.74 Å². The van der Waals surface area contributed by atoms with Crippen molar-refractivity contribution in [1.82, 2.24) is 9.55 Å². The molecule has 0 saturated heterocycles. The van der Waals surface area contributed by atoms with Crippen LogP contribution in [0.2, 0.25) is 0 Å². The molecule has 0 bridgehead atoms. The molecule has 4 heteroatoms. The van der Waals surface area contributed by atoms with Crippen molar-refractivity contribution in [2.24, 2.45) is 5.73 Å². The average molecular weight is 243 g/mol. The van der Waals surface area contributed by atoms with Crippen molar-refractivity contribution in [3.8, 4) is 5.75 Å². The van der Waals surface area contributed by atoms with Crippen molar-refractivity contribution >= 4 is 0 Å². The number of nitrogens with zero attached hydrogens (tertiary/aromatic N) is 2. The van der Waals surface area contributed by atoms with Crippen molar-refractivity contribution in [3.63, 3.8) is 0 Å². The molecule has 18 heavy (non-hydrogen) atoms. The van der Waals surface area contributed by atoms with Gasteiger partial charge in [-0.25, -0.2) is 4.98 Å². The third-order valence-corrected chi connectivity index (χ3v) is 3.22. The second-order valence-electron chi connectivity index (χ2n) is 4.65. The van der Waals surface area contributed by atoms with E-state index in [1.54, 1.807) is 0 Å². The number of benzene rings is 1. The van der Waals surface area contributed by atoms with Gasteiger partial charge in [0.25, 0.3) is 0 Å². The van der Waals surface area contributed by atoms with Gasteiger partial charge in [-0.05, 0) is 18.2 Å². The van der Waals surface area contributed by atoms with Crippen molar-refractivity contribution in [2.45, 2.75) is 25.5 Å². The summed E-state index contributed by atoms with van der Waals surface area (Å²) in [5.41, 5.74) is 7.86. The minimum absolute atomic E-state index is 0.210. The molecule has 0 fully saturated rings. The Bertz CT molecular complexity index is 510. The Labute approximate surface area is 106 Å². The number of nitrogens with two attached hydrogens (primary N) is 1. The number of aromatic nitrogens is 2. The standard InChI is InChI=1S/C14H17N3O/c15-6-5-12-8-17(10-16-12)9-13-7-11-3-1-2-4-14(11)18-13/h1-4,8,10,13H,5-7,9,15H2. The van der Waals surface area contributed by atoms with Crippen LogP contribution in [0.1, 0.15) is 11.3 Å². The van der Waals surface area contributed by atoms with Crippen LogP contribution in [0, 0.1) is 0 Å². The van der Waals surface area contributed by atoms with E-state index < -0.39 is 0 Å². The SMILES string of the molecule is NCCc1cn(CC2Cc3ccccc3O2)cn1. The van der Waals surface area contributed by atoms with Crippen LogP contribution in [0.5, 0.6) is 5.75 Å². The lowest BCUT2D eigenvalue weighted by molar-refractivity contribution is 0.209. The molecule has 1 unspecified atom stereocenters. The topological polar surface area (TPSA) is 53.1 Å². The fourth-order valence-corrected chi connectivity index (χ4v) is 2.37. The third-order valence-electron chi connectivity index (χ3n) is 3.22. The first kappa shape index (κ1) is 11.3. The molecule has 1 aromatic heterocycles. The molecule has 1 aliphatic rings. The van der Waals surface area contributed by atoms with E-state index >= 15 is 0 Å². The third kappa shape index (κ3) is 2.24. The molecular formula is C14H17N3O. The highest BCUT2D eigenvalue weighted by molar-refractivity contribution is 5.37. The summed E-state index contributed by atoms with van der Waals surface area (Å²) in [6, 6.07) is 8.23. The number of ether oxygens (including phenoxy) is 1. The van der Waals surface area contributed by atoms with E-state index in [0.717, 1.165) is 30.8 Å². The summed E-state index contributed by atoms with van der Waals surface area (Å²) in [5.74, 6) is 1.02. The summed E-state index contributed by atoms with van der Waals surface area (Å²) < 4.78 is 7.99. The van der Waals surface area contributed by atoms with E-state index in [0.29, 0.717) is 6.54 Å². The van der Waals surface area contributed by atoms with E-state index in [4.69, 9.17) is 10.5 Å². The van der Waals surface area contributed by atoms with Crippen molar-refractivity contribution in [1.29, 1.82) is 0 Å². The molecule has 1 aliphatic heterocycles. The van der Waals surface area contributed by atoms with Gasteiger partial charge < -0.3 is 15.0 Å². The summed E-state index contributed by atoms with van der Waals surface area (Å²) >= 11 is 0. The number of fused-ring (bicyclic) bond motifs is 1. The van der Waals surface area contributed by atoms with Crippen LogP contribution in [0.25, 0.3) is 0 Å². The number of hydrogen-bond acceptors (Lipinski definition) is 3. The fourth-order valence-electron chi connectivity index (χ4n) is 2.37. The van der Waals surface area contributed by atoms with Gasteiger partial charge in [0.05, 0.1) is 18.6 Å². The maximum Gasteiger partial charge on any atom is 0.123 e. The molecule has 3 rings (SSSR count). The molecule has 1 aromatic carbocycles. The van der Waals surface area contributed by atoms with E-state index in [2.05, 4.69) is 27.9 Å². The Morgan fingerprint density at radius 3 is 3.11 bits per heavy atom. The summed E-state index contributed by atoms with van der Waals surface area (Å²) in [4.78, 5) is 4.32. The predicted molar refractivity (Wildman–Crippen MR) is 69.5 cm³/mol. The lowest BCUT2D eigenvalue weighted by Gasteiger charge is -2.10. The maximum absolute atomic E-state index is 5.91. The van der Waals surface area contributed by atoms with Crippen molar-refractivity contribution in [3.05, 3.63) is 48.0 Å². The Morgan fingerprint density at radius 1 is 1.39 bits per heavy atom. The Balaban J connectivity index is 1.65. The van der Waals surface area contributed by atoms with E-state index in [9.17, 15) is 0 Å². The van der Waals surface area contributed by atoms with Gasteiger partial charge in [0.15, 0.2) is 0 Å². The minimum Gasteiger partial charge on any atom is -0.488 e. The minimum atomic E-state index is 0.210. The number of hydrogen-bond donors (Lipinski definition) is 1. The van der Waals surface area contributed by atoms with Crippen LogP contribution in [-0.2, 0) is 19.4 Å². The van der Waals surface area contributed by atoms with Gasteiger partial charge in [0.1, 0.15) is 11.9 Å². The molecule has 2 heterocycles. The van der Waals surface area contributed by atoms with Crippen LogP contribution in [0.15, 0.2) is 36.8 Å². The highest BCUT2D eigenvalue weighted by Gasteiger charge is 2.22. The molecule has 0 radical (unpaired) electrons. The van der Waals surface area contributed by atoms with Gasteiger partial charge in [0.2, 0.25) is 0 Å². The Hall–Kier alpha value is -1.81. The quantitative estimate of drug-likeness (QED) is 0.882. The predicted octanol–water partition coefficient (Wildman–Crippen LogP) is 1.39. The van der Waals surface area contributed by atoms with Crippen LogP contribution < -0.4 is 10.5 Å². The zero-order valence-electron chi connectivity index (χ0n) is 10.2. The number of imidazole rings is 1. The second kappa shape index (κ2) is 4.82.